The number of para-hydroxylation sites is 1. The number of Topliss-reactive ketones (excluding diaryl/α,β-unsaturated/α-hetero) is 1. The fourth-order valence-corrected chi connectivity index (χ4v) is 2.37. The first-order valence-electron chi connectivity index (χ1n) is 5.32. The van der Waals surface area contributed by atoms with Gasteiger partial charge in [0.05, 0.1) is 5.56 Å². The van der Waals surface area contributed by atoms with Gasteiger partial charge in [0.25, 0.3) is 0 Å². The Morgan fingerprint density at radius 3 is 2.76 bits per heavy atom. The zero-order valence-corrected chi connectivity index (χ0v) is 10.5. The number of halogens is 1. The molecule has 3 heteroatoms. The van der Waals surface area contributed by atoms with Crippen molar-refractivity contribution >= 4 is 21.7 Å². The molecule has 1 aliphatic rings. The van der Waals surface area contributed by atoms with E-state index >= 15 is 0 Å². The second kappa shape index (κ2) is 4.00. The number of rotatable bonds is 0. The van der Waals surface area contributed by atoms with Gasteiger partial charge in [-0.05, 0) is 30.3 Å². The van der Waals surface area contributed by atoms with Crippen molar-refractivity contribution in [3.8, 4) is 11.5 Å². The third kappa shape index (κ3) is 1.87. The highest BCUT2D eigenvalue weighted by atomic mass is 79.9. The van der Waals surface area contributed by atoms with Gasteiger partial charge in [-0.15, -0.1) is 0 Å². The zero-order chi connectivity index (χ0) is 11.8. The lowest BCUT2D eigenvalue weighted by atomic mass is 10.0. The molecule has 0 amide bonds. The minimum Gasteiger partial charge on any atom is -0.456 e. The normalized spacial score (nSPS) is 13.4. The van der Waals surface area contributed by atoms with Gasteiger partial charge >= 0.3 is 0 Å². The summed E-state index contributed by atoms with van der Waals surface area (Å²) in [6, 6.07) is 13.1. The Labute approximate surface area is 107 Å². The number of hydrogen-bond donors (Lipinski definition) is 0. The predicted octanol–water partition coefficient (Wildman–Crippen LogP) is 3.98. The van der Waals surface area contributed by atoms with Gasteiger partial charge in [-0.25, -0.2) is 0 Å². The van der Waals surface area contributed by atoms with Crippen molar-refractivity contribution in [3.63, 3.8) is 0 Å². The van der Waals surface area contributed by atoms with Crippen LogP contribution in [0.4, 0.5) is 0 Å². The second-order valence-corrected chi connectivity index (χ2v) is 4.87. The standard InChI is InChI=1S/C14H9BrO2/c15-10-5-6-13-9(7-10)8-12(16)11-3-1-2-4-14(11)17-13/h1-7H,8H2. The van der Waals surface area contributed by atoms with Gasteiger partial charge in [0, 0.05) is 16.5 Å². The number of benzene rings is 2. The summed E-state index contributed by atoms with van der Waals surface area (Å²) in [7, 11) is 0. The number of hydrogen-bond acceptors (Lipinski definition) is 2. The Morgan fingerprint density at radius 2 is 1.88 bits per heavy atom. The summed E-state index contributed by atoms with van der Waals surface area (Å²) in [6.45, 7) is 0. The second-order valence-electron chi connectivity index (χ2n) is 3.95. The van der Waals surface area contributed by atoms with Crippen LogP contribution in [0.2, 0.25) is 0 Å². The van der Waals surface area contributed by atoms with E-state index in [4.69, 9.17) is 4.74 Å². The number of carbonyl (C=O) groups is 1. The maximum absolute atomic E-state index is 12.1. The number of ether oxygens (including phenoxy) is 1. The Kier molecular flexibility index (Phi) is 2.48. The molecule has 0 saturated carbocycles. The molecule has 17 heavy (non-hydrogen) atoms. The first kappa shape index (κ1) is 10.5. The van der Waals surface area contributed by atoms with Gasteiger partial charge in [0.2, 0.25) is 0 Å². The quantitative estimate of drug-likeness (QED) is 0.733. The van der Waals surface area contributed by atoms with Crippen molar-refractivity contribution < 1.29 is 9.53 Å². The molecule has 84 valence electrons. The lowest BCUT2D eigenvalue weighted by Crippen LogP contribution is -2.01. The molecular weight excluding hydrogens is 280 g/mol. The molecule has 0 bridgehead atoms. The van der Waals surface area contributed by atoms with Crippen LogP contribution in [0.1, 0.15) is 15.9 Å². The summed E-state index contributed by atoms with van der Waals surface area (Å²) in [4.78, 5) is 12.1. The predicted molar refractivity (Wildman–Crippen MR) is 68.7 cm³/mol. The van der Waals surface area contributed by atoms with Crippen LogP contribution >= 0.6 is 15.9 Å². The van der Waals surface area contributed by atoms with E-state index in [1.54, 1.807) is 6.07 Å². The van der Waals surface area contributed by atoms with Gasteiger partial charge < -0.3 is 4.74 Å². The van der Waals surface area contributed by atoms with Crippen molar-refractivity contribution in [2.45, 2.75) is 6.42 Å². The number of carbonyl (C=O) groups excluding carboxylic acids is 1. The van der Waals surface area contributed by atoms with Crippen molar-refractivity contribution in [1.82, 2.24) is 0 Å². The minimum atomic E-state index is 0.0949. The molecule has 0 spiro atoms. The molecule has 1 aliphatic heterocycles. The molecule has 0 fully saturated rings. The van der Waals surface area contributed by atoms with E-state index in [9.17, 15) is 4.79 Å². The molecule has 2 nitrogen and oxygen atoms in total. The fourth-order valence-electron chi connectivity index (χ4n) is 1.96. The average Bonchev–Trinajstić information content (AvgIpc) is 2.46. The van der Waals surface area contributed by atoms with Gasteiger partial charge in [0.15, 0.2) is 5.78 Å². The Hall–Kier alpha value is -1.61. The third-order valence-electron chi connectivity index (χ3n) is 2.78. The molecule has 0 atom stereocenters. The summed E-state index contributed by atoms with van der Waals surface area (Å²) in [5.41, 5.74) is 1.57. The SMILES string of the molecule is O=C1Cc2cc(Br)ccc2Oc2ccccc21. The molecule has 0 unspecified atom stereocenters. The lowest BCUT2D eigenvalue weighted by Gasteiger charge is -2.07. The molecule has 1 heterocycles. The van der Waals surface area contributed by atoms with Gasteiger partial charge in [-0.3, -0.25) is 4.79 Å². The van der Waals surface area contributed by atoms with E-state index in [1.807, 2.05) is 36.4 Å². The maximum atomic E-state index is 12.1. The van der Waals surface area contributed by atoms with Crippen molar-refractivity contribution in [3.05, 3.63) is 58.1 Å². The topological polar surface area (TPSA) is 26.3 Å². The van der Waals surface area contributed by atoms with Gasteiger partial charge in [-0.2, -0.15) is 0 Å². The van der Waals surface area contributed by atoms with Gasteiger partial charge in [0.1, 0.15) is 11.5 Å². The smallest absolute Gasteiger partial charge is 0.171 e. The largest absolute Gasteiger partial charge is 0.456 e. The molecular formula is C14H9BrO2. The average molecular weight is 289 g/mol. The van der Waals surface area contributed by atoms with Crippen LogP contribution in [-0.2, 0) is 6.42 Å². The summed E-state index contributed by atoms with van der Waals surface area (Å²) < 4.78 is 6.74. The van der Waals surface area contributed by atoms with Gasteiger partial charge in [-0.1, -0.05) is 28.1 Å². The van der Waals surface area contributed by atoms with Crippen LogP contribution in [0.25, 0.3) is 0 Å². The highest BCUT2D eigenvalue weighted by Gasteiger charge is 2.20. The first-order valence-corrected chi connectivity index (χ1v) is 6.12. The molecule has 0 radical (unpaired) electrons. The van der Waals surface area contributed by atoms with Crippen LogP contribution < -0.4 is 4.74 Å². The number of ketones is 1. The van der Waals surface area contributed by atoms with E-state index < -0.39 is 0 Å². The van der Waals surface area contributed by atoms with Crippen LogP contribution in [-0.4, -0.2) is 5.78 Å². The zero-order valence-electron chi connectivity index (χ0n) is 8.94. The highest BCUT2D eigenvalue weighted by Crippen LogP contribution is 2.34. The summed E-state index contributed by atoms with van der Waals surface area (Å²) >= 11 is 3.40. The van der Waals surface area contributed by atoms with Crippen molar-refractivity contribution in [1.29, 1.82) is 0 Å². The fraction of sp³-hybridized carbons (Fsp3) is 0.0714. The van der Waals surface area contributed by atoms with E-state index in [-0.39, 0.29) is 5.78 Å². The molecule has 0 saturated heterocycles. The van der Waals surface area contributed by atoms with E-state index in [2.05, 4.69) is 15.9 Å². The van der Waals surface area contributed by atoms with E-state index in [1.165, 1.54) is 0 Å². The summed E-state index contributed by atoms with van der Waals surface area (Å²) in [6.07, 6.45) is 0.381. The molecule has 3 rings (SSSR count). The Balaban J connectivity index is 2.17. The maximum Gasteiger partial charge on any atom is 0.171 e. The molecule has 2 aromatic carbocycles. The lowest BCUT2D eigenvalue weighted by molar-refractivity contribution is 0.0993. The van der Waals surface area contributed by atoms with Crippen molar-refractivity contribution in [2.24, 2.45) is 0 Å². The Morgan fingerprint density at radius 1 is 1.06 bits per heavy atom. The molecule has 0 aromatic heterocycles. The first-order chi connectivity index (χ1) is 8.24. The van der Waals surface area contributed by atoms with Crippen LogP contribution in [0.15, 0.2) is 46.9 Å². The minimum absolute atomic E-state index is 0.0949. The van der Waals surface area contributed by atoms with Crippen molar-refractivity contribution in [2.75, 3.05) is 0 Å². The molecule has 2 aromatic rings. The Bertz CT molecular complexity index is 605. The number of fused-ring (bicyclic) bond motifs is 2. The van der Waals surface area contributed by atoms with Crippen LogP contribution in [0, 0.1) is 0 Å². The monoisotopic (exact) mass is 288 g/mol. The van der Waals surface area contributed by atoms with Crippen LogP contribution in [0.5, 0.6) is 11.5 Å². The van der Waals surface area contributed by atoms with Crippen LogP contribution in [0.3, 0.4) is 0 Å². The van der Waals surface area contributed by atoms with E-state index in [0.717, 1.165) is 15.8 Å². The summed E-state index contributed by atoms with van der Waals surface area (Å²) in [5.74, 6) is 1.49. The molecule has 0 aliphatic carbocycles. The third-order valence-corrected chi connectivity index (χ3v) is 3.27. The van der Waals surface area contributed by atoms with E-state index in [0.29, 0.717) is 17.7 Å². The molecule has 0 N–H and O–H groups in total. The summed E-state index contributed by atoms with van der Waals surface area (Å²) in [5, 5.41) is 0. The highest BCUT2D eigenvalue weighted by molar-refractivity contribution is 9.10.